The summed E-state index contributed by atoms with van der Waals surface area (Å²) in [5.74, 6) is 0.829. The molecular formula is C9H18N4. The lowest BCUT2D eigenvalue weighted by molar-refractivity contribution is 0.653. The van der Waals surface area contributed by atoms with Crippen LogP contribution in [0.5, 0.6) is 0 Å². The molecule has 0 aromatic carbocycles. The van der Waals surface area contributed by atoms with Crippen molar-refractivity contribution in [2.24, 2.45) is 5.73 Å². The lowest BCUT2D eigenvalue weighted by Crippen LogP contribution is -2.07. The molecule has 1 aromatic rings. The van der Waals surface area contributed by atoms with Gasteiger partial charge in [0.25, 0.3) is 0 Å². The SMILES string of the molecule is CC(C)c1n[nH]nc1C(C)CCN. The van der Waals surface area contributed by atoms with Crippen LogP contribution in [0.4, 0.5) is 0 Å². The summed E-state index contributed by atoms with van der Waals surface area (Å²) in [7, 11) is 0. The van der Waals surface area contributed by atoms with Crippen molar-refractivity contribution in [3.05, 3.63) is 11.4 Å². The second-order valence-electron chi connectivity index (χ2n) is 3.73. The first-order valence-electron chi connectivity index (χ1n) is 4.77. The van der Waals surface area contributed by atoms with Crippen molar-refractivity contribution >= 4 is 0 Å². The zero-order valence-electron chi connectivity index (χ0n) is 8.54. The van der Waals surface area contributed by atoms with Gasteiger partial charge in [-0.25, -0.2) is 0 Å². The van der Waals surface area contributed by atoms with Crippen LogP contribution in [0.15, 0.2) is 0 Å². The number of hydrogen-bond acceptors (Lipinski definition) is 3. The number of nitrogens with two attached hydrogens (primary N) is 1. The van der Waals surface area contributed by atoms with Crippen molar-refractivity contribution in [2.45, 2.75) is 39.0 Å². The molecule has 3 N–H and O–H groups in total. The van der Waals surface area contributed by atoms with E-state index in [2.05, 4.69) is 36.2 Å². The Morgan fingerprint density at radius 2 is 1.85 bits per heavy atom. The van der Waals surface area contributed by atoms with E-state index in [-0.39, 0.29) is 0 Å². The summed E-state index contributed by atoms with van der Waals surface area (Å²) in [5, 5.41) is 11.0. The maximum Gasteiger partial charge on any atom is 0.0888 e. The highest BCUT2D eigenvalue weighted by atomic mass is 15.3. The van der Waals surface area contributed by atoms with E-state index < -0.39 is 0 Å². The summed E-state index contributed by atoms with van der Waals surface area (Å²) < 4.78 is 0. The van der Waals surface area contributed by atoms with E-state index >= 15 is 0 Å². The maximum atomic E-state index is 5.50. The van der Waals surface area contributed by atoms with Gasteiger partial charge in [-0.1, -0.05) is 20.8 Å². The predicted octanol–water partition coefficient (Wildman–Crippen LogP) is 1.38. The Bertz CT molecular complexity index is 254. The highest BCUT2D eigenvalue weighted by molar-refractivity contribution is 5.16. The highest BCUT2D eigenvalue weighted by Gasteiger charge is 2.16. The van der Waals surface area contributed by atoms with Crippen molar-refractivity contribution in [3.8, 4) is 0 Å². The molecule has 1 unspecified atom stereocenters. The molecule has 1 atom stereocenters. The molecule has 1 rings (SSSR count). The van der Waals surface area contributed by atoms with Gasteiger partial charge in [0.05, 0.1) is 11.4 Å². The van der Waals surface area contributed by atoms with E-state index in [0.29, 0.717) is 18.4 Å². The summed E-state index contributed by atoms with van der Waals surface area (Å²) in [6.07, 6.45) is 0.965. The smallest absolute Gasteiger partial charge is 0.0888 e. The predicted molar refractivity (Wildman–Crippen MR) is 52.6 cm³/mol. The topological polar surface area (TPSA) is 67.6 Å². The average molecular weight is 182 g/mol. The largest absolute Gasteiger partial charge is 0.330 e. The Morgan fingerprint density at radius 1 is 1.23 bits per heavy atom. The molecule has 0 amide bonds. The second kappa shape index (κ2) is 4.37. The molecule has 4 nitrogen and oxygen atoms in total. The van der Waals surface area contributed by atoms with E-state index in [1.54, 1.807) is 0 Å². The molecule has 1 heterocycles. The quantitative estimate of drug-likeness (QED) is 0.739. The van der Waals surface area contributed by atoms with E-state index in [1.807, 2.05) is 0 Å². The molecule has 13 heavy (non-hydrogen) atoms. The first-order chi connectivity index (χ1) is 6.16. The molecule has 0 saturated carbocycles. The van der Waals surface area contributed by atoms with Crippen molar-refractivity contribution in [1.82, 2.24) is 15.4 Å². The molecule has 0 saturated heterocycles. The van der Waals surface area contributed by atoms with Crippen LogP contribution >= 0.6 is 0 Å². The van der Waals surface area contributed by atoms with Gasteiger partial charge >= 0.3 is 0 Å². The fraction of sp³-hybridized carbons (Fsp3) is 0.778. The minimum absolute atomic E-state index is 0.404. The summed E-state index contributed by atoms with van der Waals surface area (Å²) in [5.41, 5.74) is 7.64. The third-order valence-electron chi connectivity index (χ3n) is 2.22. The van der Waals surface area contributed by atoms with E-state index in [9.17, 15) is 0 Å². The standard InChI is InChI=1S/C9H18N4/c1-6(2)8-9(12-13-11-8)7(3)4-5-10/h6-7H,4-5,10H2,1-3H3,(H,11,12,13). The van der Waals surface area contributed by atoms with Crippen LogP contribution in [0.1, 0.15) is 50.4 Å². The van der Waals surface area contributed by atoms with Gasteiger partial charge in [0.15, 0.2) is 0 Å². The summed E-state index contributed by atoms with van der Waals surface area (Å²) >= 11 is 0. The molecule has 4 heteroatoms. The second-order valence-corrected chi connectivity index (χ2v) is 3.73. The van der Waals surface area contributed by atoms with Crippen molar-refractivity contribution < 1.29 is 0 Å². The lowest BCUT2D eigenvalue weighted by Gasteiger charge is -2.09. The summed E-state index contributed by atoms with van der Waals surface area (Å²) in [6, 6.07) is 0. The number of hydrogen-bond donors (Lipinski definition) is 2. The molecular weight excluding hydrogens is 164 g/mol. The minimum atomic E-state index is 0.404. The third kappa shape index (κ3) is 2.28. The normalized spacial score (nSPS) is 13.6. The number of aromatic amines is 1. The Hall–Kier alpha value is -0.900. The molecule has 0 bridgehead atoms. The molecule has 1 aromatic heterocycles. The molecule has 74 valence electrons. The number of rotatable bonds is 4. The van der Waals surface area contributed by atoms with Gasteiger partial charge in [0, 0.05) is 5.92 Å². The van der Waals surface area contributed by atoms with Crippen LogP contribution < -0.4 is 5.73 Å². The van der Waals surface area contributed by atoms with Crippen LogP contribution in [0.2, 0.25) is 0 Å². The van der Waals surface area contributed by atoms with Crippen LogP contribution in [0, 0.1) is 0 Å². The van der Waals surface area contributed by atoms with Crippen LogP contribution in [-0.4, -0.2) is 22.0 Å². The Labute approximate surface area is 78.9 Å². The van der Waals surface area contributed by atoms with Crippen LogP contribution in [0.3, 0.4) is 0 Å². The number of nitrogens with one attached hydrogen (secondary N) is 1. The van der Waals surface area contributed by atoms with E-state index in [4.69, 9.17) is 5.73 Å². The van der Waals surface area contributed by atoms with Crippen molar-refractivity contribution in [3.63, 3.8) is 0 Å². The van der Waals surface area contributed by atoms with Gasteiger partial charge < -0.3 is 5.73 Å². The van der Waals surface area contributed by atoms with Gasteiger partial charge in [0.1, 0.15) is 0 Å². The molecule has 0 aliphatic heterocycles. The number of aromatic nitrogens is 3. The Morgan fingerprint density at radius 3 is 2.38 bits per heavy atom. The zero-order valence-corrected chi connectivity index (χ0v) is 8.54. The first kappa shape index (κ1) is 10.2. The molecule has 0 fully saturated rings. The molecule has 0 aliphatic rings. The third-order valence-corrected chi connectivity index (χ3v) is 2.22. The van der Waals surface area contributed by atoms with Crippen molar-refractivity contribution in [2.75, 3.05) is 6.54 Å². The van der Waals surface area contributed by atoms with Gasteiger partial charge in [-0.2, -0.15) is 15.4 Å². The fourth-order valence-corrected chi connectivity index (χ4v) is 1.42. The summed E-state index contributed by atoms with van der Waals surface area (Å²) in [6.45, 7) is 7.08. The monoisotopic (exact) mass is 182 g/mol. The fourth-order valence-electron chi connectivity index (χ4n) is 1.42. The van der Waals surface area contributed by atoms with Gasteiger partial charge in [-0.05, 0) is 18.9 Å². The maximum absolute atomic E-state index is 5.50. The average Bonchev–Trinajstić information content (AvgIpc) is 2.52. The zero-order chi connectivity index (χ0) is 9.84. The Kier molecular flexibility index (Phi) is 3.42. The van der Waals surface area contributed by atoms with Gasteiger partial charge in [0.2, 0.25) is 0 Å². The summed E-state index contributed by atoms with van der Waals surface area (Å²) in [4.78, 5) is 0. The van der Waals surface area contributed by atoms with Gasteiger partial charge in [-0.15, -0.1) is 0 Å². The first-order valence-corrected chi connectivity index (χ1v) is 4.77. The van der Waals surface area contributed by atoms with Crippen molar-refractivity contribution in [1.29, 1.82) is 0 Å². The van der Waals surface area contributed by atoms with Crippen LogP contribution in [-0.2, 0) is 0 Å². The minimum Gasteiger partial charge on any atom is -0.330 e. The lowest BCUT2D eigenvalue weighted by atomic mass is 9.98. The molecule has 0 spiro atoms. The molecule has 0 aliphatic carbocycles. The highest BCUT2D eigenvalue weighted by Crippen LogP contribution is 2.23. The Balaban J connectivity index is 2.80. The van der Waals surface area contributed by atoms with Crippen LogP contribution in [0.25, 0.3) is 0 Å². The molecule has 0 radical (unpaired) electrons. The number of H-pyrrole nitrogens is 1. The van der Waals surface area contributed by atoms with E-state index in [0.717, 1.165) is 17.8 Å². The number of nitrogens with zero attached hydrogens (tertiary/aromatic N) is 2. The van der Waals surface area contributed by atoms with Gasteiger partial charge in [-0.3, -0.25) is 0 Å². The van der Waals surface area contributed by atoms with E-state index in [1.165, 1.54) is 0 Å².